The molecule has 7 nitrogen and oxygen atoms in total. The van der Waals surface area contributed by atoms with E-state index in [2.05, 4.69) is 22.3 Å². The molecule has 1 aromatic carbocycles. The molecule has 0 aliphatic carbocycles. The lowest BCUT2D eigenvalue weighted by atomic mass is 10.2. The molecule has 0 spiro atoms. The Kier molecular flexibility index (Phi) is 4.75. The Balaban J connectivity index is 1.57. The molecule has 3 heterocycles. The van der Waals surface area contributed by atoms with E-state index in [1.54, 1.807) is 6.07 Å². The summed E-state index contributed by atoms with van der Waals surface area (Å²) in [5.74, 6) is 1.55. The fourth-order valence-electron chi connectivity index (χ4n) is 2.88. The third-order valence-corrected chi connectivity index (χ3v) is 4.95. The number of benzene rings is 1. The maximum Gasteiger partial charge on any atom is 0.275 e. The molecule has 2 aromatic heterocycles. The number of aromatic nitrogens is 3. The molecule has 4 rings (SSSR count). The van der Waals surface area contributed by atoms with Gasteiger partial charge in [0.2, 0.25) is 10.1 Å². The van der Waals surface area contributed by atoms with Crippen molar-refractivity contribution >= 4 is 21.4 Å². The van der Waals surface area contributed by atoms with E-state index in [1.165, 1.54) is 15.9 Å². The zero-order valence-electron chi connectivity index (χ0n) is 14.5. The van der Waals surface area contributed by atoms with Crippen LogP contribution in [0.1, 0.15) is 31.0 Å². The van der Waals surface area contributed by atoms with Crippen molar-refractivity contribution in [2.75, 3.05) is 18.5 Å². The van der Waals surface area contributed by atoms with E-state index < -0.39 is 0 Å². The van der Waals surface area contributed by atoms with E-state index in [-0.39, 0.29) is 5.56 Å². The zero-order chi connectivity index (χ0) is 17.9. The molecule has 0 saturated carbocycles. The Morgan fingerprint density at radius 2 is 2.19 bits per heavy atom. The molecule has 0 amide bonds. The lowest BCUT2D eigenvalue weighted by molar-refractivity contribution is 0.296. The number of hydrogen-bond donors (Lipinski definition) is 1. The molecule has 26 heavy (non-hydrogen) atoms. The Morgan fingerprint density at radius 1 is 1.31 bits per heavy atom. The first-order chi connectivity index (χ1) is 12.7. The summed E-state index contributed by atoms with van der Waals surface area (Å²) >= 11 is 1.37. The first kappa shape index (κ1) is 16.8. The van der Waals surface area contributed by atoms with Crippen molar-refractivity contribution < 1.29 is 9.47 Å². The fraction of sp³-hybridized carbons (Fsp3) is 0.389. The van der Waals surface area contributed by atoms with Crippen molar-refractivity contribution in [2.24, 2.45) is 0 Å². The van der Waals surface area contributed by atoms with Gasteiger partial charge in [-0.2, -0.15) is 4.52 Å². The third-order valence-electron chi connectivity index (χ3n) is 4.09. The van der Waals surface area contributed by atoms with Gasteiger partial charge in [-0.05, 0) is 12.5 Å². The largest absolute Gasteiger partial charge is 0.490 e. The smallest absolute Gasteiger partial charge is 0.275 e. The number of nitrogens with zero attached hydrogens (tertiary/aromatic N) is 3. The summed E-state index contributed by atoms with van der Waals surface area (Å²) in [6.45, 7) is 3.90. The maximum atomic E-state index is 12.2. The summed E-state index contributed by atoms with van der Waals surface area (Å²) in [7, 11) is 0. The summed E-state index contributed by atoms with van der Waals surface area (Å²) in [4.78, 5) is 17.3. The molecule has 0 saturated heterocycles. The molecule has 136 valence electrons. The lowest BCUT2D eigenvalue weighted by Gasteiger charge is -2.12. The van der Waals surface area contributed by atoms with Crippen molar-refractivity contribution in [3.63, 3.8) is 0 Å². The molecular weight excluding hydrogens is 352 g/mol. The van der Waals surface area contributed by atoms with Crippen LogP contribution < -0.4 is 20.3 Å². The summed E-state index contributed by atoms with van der Waals surface area (Å²) in [5.41, 5.74) is 1.66. The molecule has 1 aliphatic rings. The molecule has 0 atom stereocenters. The first-order valence-corrected chi connectivity index (χ1v) is 9.57. The number of rotatable bonds is 5. The van der Waals surface area contributed by atoms with Gasteiger partial charge in [0, 0.05) is 30.3 Å². The van der Waals surface area contributed by atoms with Crippen LogP contribution in [0.3, 0.4) is 0 Å². The summed E-state index contributed by atoms with van der Waals surface area (Å²) < 4.78 is 12.9. The van der Waals surface area contributed by atoms with Crippen molar-refractivity contribution in [3.8, 4) is 11.5 Å². The number of aryl methyl sites for hydroxylation is 1. The van der Waals surface area contributed by atoms with E-state index in [0.717, 1.165) is 42.0 Å². The van der Waals surface area contributed by atoms with Crippen LogP contribution in [0.4, 0.5) is 5.13 Å². The number of hydrogen-bond acceptors (Lipinski definition) is 7. The number of anilines is 1. The molecule has 8 heteroatoms. The second-order valence-corrected chi connectivity index (χ2v) is 7.04. The maximum absolute atomic E-state index is 12.2. The van der Waals surface area contributed by atoms with Crippen molar-refractivity contribution in [3.05, 3.63) is 45.9 Å². The molecule has 0 bridgehead atoms. The molecule has 1 N–H and O–H groups in total. The standard InChI is InChI=1S/C18H20N4O3S/c1-2-5-13-10-15(23)22-18(20-13)26-17(21-22)19-11-12-6-3-7-14-16(12)25-9-4-8-24-14/h3,6-7,10H,2,4-5,8-9,11H2,1H3,(H,19,21). The van der Waals surface area contributed by atoms with Gasteiger partial charge in [0.25, 0.3) is 5.56 Å². The van der Waals surface area contributed by atoms with Gasteiger partial charge in [0.15, 0.2) is 11.5 Å². The van der Waals surface area contributed by atoms with E-state index >= 15 is 0 Å². The minimum atomic E-state index is -0.145. The van der Waals surface area contributed by atoms with Crippen molar-refractivity contribution in [2.45, 2.75) is 32.7 Å². The van der Waals surface area contributed by atoms with Crippen LogP contribution in [0.15, 0.2) is 29.1 Å². The highest BCUT2D eigenvalue weighted by Gasteiger charge is 2.15. The number of ether oxygens (including phenoxy) is 2. The second-order valence-electron chi connectivity index (χ2n) is 6.09. The number of para-hydroxylation sites is 1. The quantitative estimate of drug-likeness (QED) is 0.742. The molecule has 0 unspecified atom stereocenters. The summed E-state index contributed by atoms with van der Waals surface area (Å²) in [6.07, 6.45) is 2.61. The summed E-state index contributed by atoms with van der Waals surface area (Å²) in [5, 5.41) is 8.26. The van der Waals surface area contributed by atoms with Crippen molar-refractivity contribution in [1.82, 2.24) is 14.6 Å². The Morgan fingerprint density at radius 3 is 3.08 bits per heavy atom. The van der Waals surface area contributed by atoms with Gasteiger partial charge < -0.3 is 14.8 Å². The summed E-state index contributed by atoms with van der Waals surface area (Å²) in [6, 6.07) is 7.42. The van der Waals surface area contributed by atoms with Crippen LogP contribution in [-0.2, 0) is 13.0 Å². The fourth-order valence-corrected chi connectivity index (χ4v) is 3.70. The van der Waals surface area contributed by atoms with Gasteiger partial charge in [0.1, 0.15) is 0 Å². The lowest BCUT2D eigenvalue weighted by Crippen LogP contribution is -2.15. The monoisotopic (exact) mass is 372 g/mol. The Hall–Kier alpha value is -2.61. The molecule has 0 radical (unpaired) electrons. The van der Waals surface area contributed by atoms with E-state index in [9.17, 15) is 4.79 Å². The molecule has 1 aliphatic heterocycles. The first-order valence-electron chi connectivity index (χ1n) is 8.76. The zero-order valence-corrected chi connectivity index (χ0v) is 15.3. The van der Waals surface area contributed by atoms with Gasteiger partial charge in [0.05, 0.1) is 13.2 Å². The second kappa shape index (κ2) is 7.33. The van der Waals surface area contributed by atoms with Crippen molar-refractivity contribution in [1.29, 1.82) is 0 Å². The molecule has 3 aromatic rings. The average molecular weight is 372 g/mol. The number of nitrogens with one attached hydrogen (secondary N) is 1. The SMILES string of the molecule is CCCc1cc(=O)n2nc(NCc3cccc4c3OCCCO4)sc2n1. The topological polar surface area (TPSA) is 77.8 Å². The van der Waals surface area contributed by atoms with E-state index in [4.69, 9.17) is 9.47 Å². The van der Waals surface area contributed by atoms with Crippen LogP contribution in [0.25, 0.3) is 4.96 Å². The minimum absolute atomic E-state index is 0.145. The third kappa shape index (κ3) is 3.37. The van der Waals surface area contributed by atoms with Gasteiger partial charge in [-0.1, -0.05) is 36.8 Å². The van der Waals surface area contributed by atoms with Crippen LogP contribution in [0.2, 0.25) is 0 Å². The van der Waals surface area contributed by atoms with Crippen LogP contribution in [0, 0.1) is 0 Å². The molecule has 0 fully saturated rings. The van der Waals surface area contributed by atoms with Gasteiger partial charge in [-0.25, -0.2) is 4.98 Å². The highest BCUT2D eigenvalue weighted by atomic mass is 32.1. The van der Waals surface area contributed by atoms with Crippen LogP contribution >= 0.6 is 11.3 Å². The van der Waals surface area contributed by atoms with E-state index in [0.29, 0.717) is 29.9 Å². The Bertz CT molecular complexity index is 982. The van der Waals surface area contributed by atoms with Gasteiger partial charge >= 0.3 is 0 Å². The molecular formula is C18H20N4O3S. The number of fused-ring (bicyclic) bond motifs is 2. The van der Waals surface area contributed by atoms with Gasteiger partial charge in [-0.3, -0.25) is 4.79 Å². The normalized spacial score (nSPS) is 13.6. The predicted molar refractivity (Wildman–Crippen MR) is 101 cm³/mol. The minimum Gasteiger partial charge on any atom is -0.490 e. The average Bonchev–Trinajstić information content (AvgIpc) is 2.89. The van der Waals surface area contributed by atoms with E-state index in [1.807, 2.05) is 18.2 Å². The highest BCUT2D eigenvalue weighted by molar-refractivity contribution is 7.20. The van der Waals surface area contributed by atoms with Crippen LogP contribution in [0.5, 0.6) is 11.5 Å². The van der Waals surface area contributed by atoms with Crippen LogP contribution in [-0.4, -0.2) is 27.8 Å². The van der Waals surface area contributed by atoms with Gasteiger partial charge in [-0.15, -0.1) is 5.10 Å². The highest BCUT2D eigenvalue weighted by Crippen LogP contribution is 2.33. The Labute approximate surface area is 154 Å². The predicted octanol–water partition coefficient (Wildman–Crippen LogP) is 2.88.